The van der Waals surface area contributed by atoms with E-state index in [2.05, 4.69) is 5.32 Å². The molecule has 0 saturated carbocycles. The van der Waals surface area contributed by atoms with Gasteiger partial charge in [-0.05, 0) is 18.2 Å². The maximum Gasteiger partial charge on any atom is 0.101 e. The highest BCUT2D eigenvalue weighted by Crippen LogP contribution is 2.17. The lowest BCUT2D eigenvalue weighted by atomic mass is 10.2. The van der Waals surface area contributed by atoms with Crippen LogP contribution in [0.5, 0.6) is 0 Å². The third-order valence-corrected chi connectivity index (χ3v) is 2.39. The molecule has 0 aliphatic carbocycles. The number of methoxy groups -OCH3 is 2. The molecule has 0 heterocycles. The van der Waals surface area contributed by atoms with Crippen molar-refractivity contribution >= 4 is 11.4 Å². The molecule has 0 aromatic heterocycles. The van der Waals surface area contributed by atoms with E-state index in [1.165, 1.54) is 0 Å². The van der Waals surface area contributed by atoms with E-state index in [1.54, 1.807) is 26.4 Å². The van der Waals surface area contributed by atoms with Crippen LogP contribution in [-0.4, -0.2) is 33.5 Å². The molecular weight excluding hydrogens is 218 g/mol. The molecule has 0 aliphatic heterocycles. The molecule has 1 atom stereocenters. The van der Waals surface area contributed by atoms with Crippen LogP contribution < -0.4 is 11.1 Å². The molecular formula is C12H17N3O2. The molecule has 0 amide bonds. The van der Waals surface area contributed by atoms with Gasteiger partial charge in [0.05, 0.1) is 24.0 Å². The molecule has 0 fully saturated rings. The van der Waals surface area contributed by atoms with Crippen molar-refractivity contribution in [3.05, 3.63) is 23.8 Å². The van der Waals surface area contributed by atoms with E-state index in [9.17, 15) is 0 Å². The molecule has 1 aromatic rings. The van der Waals surface area contributed by atoms with Gasteiger partial charge in [0, 0.05) is 26.5 Å². The molecule has 1 unspecified atom stereocenters. The number of nitrogen functional groups attached to an aromatic ring is 1. The van der Waals surface area contributed by atoms with E-state index >= 15 is 0 Å². The van der Waals surface area contributed by atoms with Crippen molar-refractivity contribution in [2.24, 2.45) is 0 Å². The number of hydrogen-bond acceptors (Lipinski definition) is 5. The van der Waals surface area contributed by atoms with E-state index in [0.29, 0.717) is 24.4 Å². The van der Waals surface area contributed by atoms with Crippen LogP contribution in [0.2, 0.25) is 0 Å². The summed E-state index contributed by atoms with van der Waals surface area (Å²) in [5, 5.41) is 11.9. The second-order valence-electron chi connectivity index (χ2n) is 3.61. The third-order valence-electron chi connectivity index (χ3n) is 2.39. The van der Waals surface area contributed by atoms with Gasteiger partial charge in [0.15, 0.2) is 0 Å². The summed E-state index contributed by atoms with van der Waals surface area (Å²) in [6.07, 6.45) is -0.0168. The molecule has 17 heavy (non-hydrogen) atoms. The van der Waals surface area contributed by atoms with Gasteiger partial charge < -0.3 is 20.5 Å². The molecule has 3 N–H and O–H groups in total. The van der Waals surface area contributed by atoms with Crippen molar-refractivity contribution in [3.63, 3.8) is 0 Å². The van der Waals surface area contributed by atoms with E-state index in [-0.39, 0.29) is 6.10 Å². The monoisotopic (exact) mass is 235 g/mol. The zero-order chi connectivity index (χ0) is 12.7. The Bertz CT molecular complexity index is 401. The summed E-state index contributed by atoms with van der Waals surface area (Å²) in [5.74, 6) is 0. The second-order valence-corrected chi connectivity index (χ2v) is 3.61. The van der Waals surface area contributed by atoms with Crippen molar-refractivity contribution in [3.8, 4) is 6.07 Å². The van der Waals surface area contributed by atoms with E-state index in [4.69, 9.17) is 20.5 Å². The van der Waals surface area contributed by atoms with Gasteiger partial charge in [0.2, 0.25) is 0 Å². The number of benzene rings is 1. The third kappa shape index (κ3) is 3.94. The van der Waals surface area contributed by atoms with Gasteiger partial charge in [0.1, 0.15) is 6.07 Å². The number of nitrogens with two attached hydrogens (primary N) is 1. The summed E-state index contributed by atoms with van der Waals surface area (Å²) in [4.78, 5) is 0. The van der Waals surface area contributed by atoms with Crippen LogP contribution in [0.3, 0.4) is 0 Å². The Morgan fingerprint density at radius 1 is 1.47 bits per heavy atom. The highest BCUT2D eigenvalue weighted by atomic mass is 16.5. The lowest BCUT2D eigenvalue weighted by molar-refractivity contribution is 0.0365. The largest absolute Gasteiger partial charge is 0.398 e. The first-order valence-electron chi connectivity index (χ1n) is 5.26. The highest BCUT2D eigenvalue weighted by Gasteiger charge is 2.06. The lowest BCUT2D eigenvalue weighted by Gasteiger charge is -2.16. The number of nitrogens with zero attached hydrogens (tertiary/aromatic N) is 1. The topological polar surface area (TPSA) is 80.3 Å². The van der Waals surface area contributed by atoms with E-state index in [1.807, 2.05) is 12.1 Å². The first kappa shape index (κ1) is 13.3. The fourth-order valence-corrected chi connectivity index (χ4v) is 1.40. The van der Waals surface area contributed by atoms with E-state index < -0.39 is 0 Å². The summed E-state index contributed by atoms with van der Waals surface area (Å²) in [5.41, 5.74) is 7.52. The fraction of sp³-hybridized carbons (Fsp3) is 0.417. The second kappa shape index (κ2) is 6.74. The smallest absolute Gasteiger partial charge is 0.101 e. The van der Waals surface area contributed by atoms with Gasteiger partial charge in [-0.15, -0.1) is 0 Å². The van der Waals surface area contributed by atoms with Crippen molar-refractivity contribution in [2.75, 3.05) is 38.4 Å². The number of nitrogens with one attached hydrogen (secondary N) is 1. The number of anilines is 2. The fourth-order valence-electron chi connectivity index (χ4n) is 1.40. The number of hydrogen-bond donors (Lipinski definition) is 2. The molecule has 5 heteroatoms. The summed E-state index contributed by atoms with van der Waals surface area (Å²) < 4.78 is 10.2. The van der Waals surface area contributed by atoms with Crippen LogP contribution in [0, 0.1) is 11.3 Å². The van der Waals surface area contributed by atoms with Crippen molar-refractivity contribution in [2.45, 2.75) is 6.10 Å². The molecule has 5 nitrogen and oxygen atoms in total. The number of ether oxygens (including phenoxy) is 2. The quantitative estimate of drug-likeness (QED) is 0.724. The van der Waals surface area contributed by atoms with Crippen LogP contribution in [-0.2, 0) is 9.47 Å². The van der Waals surface area contributed by atoms with Crippen molar-refractivity contribution in [1.29, 1.82) is 5.26 Å². The molecule has 1 rings (SSSR count). The van der Waals surface area contributed by atoms with Crippen LogP contribution in [0.4, 0.5) is 11.4 Å². The minimum Gasteiger partial charge on any atom is -0.398 e. The molecule has 0 bridgehead atoms. The Balaban J connectivity index is 2.58. The molecule has 0 aliphatic rings. The molecule has 0 saturated heterocycles. The van der Waals surface area contributed by atoms with Crippen LogP contribution in [0.1, 0.15) is 5.56 Å². The van der Waals surface area contributed by atoms with Crippen LogP contribution in [0.25, 0.3) is 0 Å². The normalized spacial score (nSPS) is 11.8. The van der Waals surface area contributed by atoms with Gasteiger partial charge >= 0.3 is 0 Å². The average Bonchev–Trinajstić information content (AvgIpc) is 2.34. The standard InChI is InChI=1S/C12H17N3O2/c1-16-8-11(17-2)7-15-10-4-3-9(6-13)12(14)5-10/h3-5,11,15H,7-8,14H2,1-2H3. The zero-order valence-corrected chi connectivity index (χ0v) is 10.1. The minimum absolute atomic E-state index is 0.0168. The zero-order valence-electron chi connectivity index (χ0n) is 10.1. The van der Waals surface area contributed by atoms with E-state index in [0.717, 1.165) is 5.69 Å². The number of rotatable bonds is 6. The van der Waals surface area contributed by atoms with Gasteiger partial charge in [0.25, 0.3) is 0 Å². The minimum atomic E-state index is -0.0168. The molecule has 0 spiro atoms. The van der Waals surface area contributed by atoms with Crippen molar-refractivity contribution in [1.82, 2.24) is 0 Å². The van der Waals surface area contributed by atoms with Gasteiger partial charge in [-0.25, -0.2) is 0 Å². The lowest BCUT2D eigenvalue weighted by Crippen LogP contribution is -2.26. The Morgan fingerprint density at radius 2 is 2.24 bits per heavy atom. The molecule has 92 valence electrons. The Hall–Kier alpha value is -1.77. The van der Waals surface area contributed by atoms with Crippen LogP contribution >= 0.6 is 0 Å². The summed E-state index contributed by atoms with van der Waals surface area (Å²) in [7, 11) is 3.27. The maximum absolute atomic E-state index is 8.75. The summed E-state index contributed by atoms with van der Waals surface area (Å²) >= 11 is 0. The Morgan fingerprint density at radius 3 is 2.76 bits per heavy atom. The van der Waals surface area contributed by atoms with Gasteiger partial charge in [-0.1, -0.05) is 0 Å². The number of nitriles is 1. The highest BCUT2D eigenvalue weighted by molar-refractivity contribution is 5.62. The summed E-state index contributed by atoms with van der Waals surface area (Å²) in [6, 6.07) is 7.26. The first-order chi connectivity index (χ1) is 8.21. The van der Waals surface area contributed by atoms with Crippen molar-refractivity contribution < 1.29 is 9.47 Å². The predicted molar refractivity (Wildman–Crippen MR) is 66.7 cm³/mol. The predicted octanol–water partition coefficient (Wildman–Crippen LogP) is 1.21. The Labute approximate surface area is 101 Å². The average molecular weight is 235 g/mol. The van der Waals surface area contributed by atoms with Gasteiger partial charge in [-0.3, -0.25) is 0 Å². The molecule has 1 aromatic carbocycles. The van der Waals surface area contributed by atoms with Crippen LogP contribution in [0.15, 0.2) is 18.2 Å². The SMILES string of the molecule is COCC(CNc1ccc(C#N)c(N)c1)OC. The molecule has 0 radical (unpaired) electrons. The van der Waals surface area contributed by atoms with Gasteiger partial charge in [-0.2, -0.15) is 5.26 Å². The Kier molecular flexibility index (Phi) is 5.27. The first-order valence-corrected chi connectivity index (χ1v) is 5.26. The maximum atomic E-state index is 8.75. The summed E-state index contributed by atoms with van der Waals surface area (Å²) in [6.45, 7) is 1.14.